The van der Waals surface area contributed by atoms with Crippen LogP contribution in [-0.2, 0) is 4.74 Å². The largest absolute Gasteiger partial charge is 0.497 e. The highest BCUT2D eigenvalue weighted by Crippen LogP contribution is 2.41. The number of benzene rings is 1. The summed E-state index contributed by atoms with van der Waals surface area (Å²) in [7, 11) is 3.74. The summed E-state index contributed by atoms with van der Waals surface area (Å²) < 4.78 is 11.6. The molecule has 0 aromatic heterocycles. The number of rotatable bonds is 6. The van der Waals surface area contributed by atoms with Gasteiger partial charge in [0.2, 0.25) is 0 Å². The standard InChI is InChI=1S/C17H27NO2/c1-4-20-17(11-6-5-7-12-17)16(18-2)14-9-8-10-15(13-14)19-3/h8-10,13,16,18H,4-7,11-12H2,1-3H3. The van der Waals surface area contributed by atoms with Crippen LogP contribution in [0.4, 0.5) is 0 Å². The monoisotopic (exact) mass is 277 g/mol. The Morgan fingerprint density at radius 2 is 2.00 bits per heavy atom. The van der Waals surface area contributed by atoms with Crippen molar-refractivity contribution in [3.63, 3.8) is 0 Å². The number of ether oxygens (including phenoxy) is 2. The van der Waals surface area contributed by atoms with E-state index in [1.165, 1.54) is 24.8 Å². The fourth-order valence-corrected chi connectivity index (χ4v) is 3.51. The summed E-state index contributed by atoms with van der Waals surface area (Å²) in [5.74, 6) is 0.908. The first kappa shape index (κ1) is 15.3. The molecule has 3 heteroatoms. The van der Waals surface area contributed by atoms with E-state index in [0.717, 1.165) is 25.2 Å². The van der Waals surface area contributed by atoms with Crippen LogP contribution in [0.5, 0.6) is 5.75 Å². The molecule has 0 radical (unpaired) electrons. The molecule has 1 unspecified atom stereocenters. The first-order valence-corrected chi connectivity index (χ1v) is 7.71. The van der Waals surface area contributed by atoms with Crippen molar-refractivity contribution in [3.05, 3.63) is 29.8 Å². The number of hydrogen-bond acceptors (Lipinski definition) is 3. The zero-order valence-corrected chi connectivity index (χ0v) is 12.9. The van der Waals surface area contributed by atoms with Crippen molar-refractivity contribution < 1.29 is 9.47 Å². The number of nitrogens with one attached hydrogen (secondary N) is 1. The minimum Gasteiger partial charge on any atom is -0.497 e. The van der Waals surface area contributed by atoms with Gasteiger partial charge in [0, 0.05) is 6.61 Å². The Morgan fingerprint density at radius 1 is 1.25 bits per heavy atom. The van der Waals surface area contributed by atoms with Crippen molar-refractivity contribution in [2.75, 3.05) is 20.8 Å². The molecular formula is C17H27NO2. The van der Waals surface area contributed by atoms with Gasteiger partial charge < -0.3 is 14.8 Å². The SMILES string of the molecule is CCOC1(C(NC)c2cccc(OC)c2)CCCCC1. The van der Waals surface area contributed by atoms with E-state index in [0.29, 0.717) is 0 Å². The minimum absolute atomic E-state index is 0.0753. The van der Waals surface area contributed by atoms with Crippen LogP contribution in [0.25, 0.3) is 0 Å². The topological polar surface area (TPSA) is 30.5 Å². The van der Waals surface area contributed by atoms with Gasteiger partial charge in [0.1, 0.15) is 5.75 Å². The van der Waals surface area contributed by atoms with Gasteiger partial charge in [-0.05, 0) is 44.5 Å². The number of hydrogen-bond donors (Lipinski definition) is 1. The van der Waals surface area contributed by atoms with E-state index in [1.807, 2.05) is 13.1 Å². The zero-order chi connectivity index (χ0) is 14.4. The van der Waals surface area contributed by atoms with Crippen molar-refractivity contribution >= 4 is 0 Å². The number of likely N-dealkylation sites (N-methyl/N-ethyl adjacent to an activating group) is 1. The van der Waals surface area contributed by atoms with Crippen LogP contribution in [0.1, 0.15) is 50.6 Å². The Balaban J connectivity index is 2.31. The van der Waals surface area contributed by atoms with Gasteiger partial charge in [-0.1, -0.05) is 31.4 Å². The molecule has 1 fully saturated rings. The summed E-state index contributed by atoms with van der Waals surface area (Å²) in [6.07, 6.45) is 6.08. The highest BCUT2D eigenvalue weighted by atomic mass is 16.5. The third kappa shape index (κ3) is 3.15. The van der Waals surface area contributed by atoms with Gasteiger partial charge in [-0.2, -0.15) is 0 Å². The second kappa shape index (κ2) is 7.09. The molecule has 0 bridgehead atoms. The molecule has 0 aliphatic heterocycles. The van der Waals surface area contributed by atoms with Crippen molar-refractivity contribution in [3.8, 4) is 5.75 Å². The Morgan fingerprint density at radius 3 is 2.60 bits per heavy atom. The van der Waals surface area contributed by atoms with E-state index in [9.17, 15) is 0 Å². The van der Waals surface area contributed by atoms with Gasteiger partial charge in [-0.15, -0.1) is 0 Å². The molecule has 1 aromatic rings. The lowest BCUT2D eigenvalue weighted by molar-refractivity contribution is -0.0898. The van der Waals surface area contributed by atoms with Crippen molar-refractivity contribution in [1.29, 1.82) is 0 Å². The summed E-state index contributed by atoms with van der Waals surface area (Å²) in [5, 5.41) is 3.48. The highest BCUT2D eigenvalue weighted by molar-refractivity contribution is 5.32. The fourth-order valence-electron chi connectivity index (χ4n) is 3.51. The van der Waals surface area contributed by atoms with Crippen LogP contribution < -0.4 is 10.1 Å². The number of methoxy groups -OCH3 is 1. The molecule has 3 nitrogen and oxygen atoms in total. The summed E-state index contributed by atoms with van der Waals surface area (Å²) in [6, 6.07) is 8.55. The zero-order valence-electron chi connectivity index (χ0n) is 12.9. The molecular weight excluding hydrogens is 250 g/mol. The van der Waals surface area contributed by atoms with Gasteiger partial charge in [0.15, 0.2) is 0 Å². The molecule has 1 aromatic carbocycles. The first-order valence-electron chi connectivity index (χ1n) is 7.71. The van der Waals surface area contributed by atoms with E-state index in [4.69, 9.17) is 9.47 Å². The summed E-state index contributed by atoms with van der Waals surface area (Å²) in [5.41, 5.74) is 1.18. The van der Waals surface area contributed by atoms with E-state index < -0.39 is 0 Å². The van der Waals surface area contributed by atoms with Crippen molar-refractivity contribution in [1.82, 2.24) is 5.32 Å². The third-order valence-electron chi connectivity index (χ3n) is 4.37. The lowest BCUT2D eigenvalue weighted by Gasteiger charge is -2.43. The Bertz CT molecular complexity index is 408. The lowest BCUT2D eigenvalue weighted by atomic mass is 9.76. The lowest BCUT2D eigenvalue weighted by Crippen LogP contribution is -2.46. The summed E-state index contributed by atoms with van der Waals surface area (Å²) >= 11 is 0. The summed E-state index contributed by atoms with van der Waals surface area (Å²) in [6.45, 7) is 2.86. The van der Waals surface area contributed by atoms with Crippen LogP contribution >= 0.6 is 0 Å². The van der Waals surface area contributed by atoms with E-state index in [1.54, 1.807) is 7.11 Å². The van der Waals surface area contributed by atoms with Crippen LogP contribution in [0.2, 0.25) is 0 Å². The molecule has 0 amide bonds. The van der Waals surface area contributed by atoms with Crippen LogP contribution in [0.15, 0.2) is 24.3 Å². The molecule has 2 rings (SSSR count). The maximum atomic E-state index is 6.25. The van der Waals surface area contributed by atoms with Gasteiger partial charge in [-0.3, -0.25) is 0 Å². The Kier molecular flexibility index (Phi) is 5.44. The fraction of sp³-hybridized carbons (Fsp3) is 0.647. The van der Waals surface area contributed by atoms with Crippen molar-refractivity contribution in [2.24, 2.45) is 0 Å². The second-order valence-corrected chi connectivity index (χ2v) is 5.56. The molecule has 1 atom stereocenters. The maximum Gasteiger partial charge on any atom is 0.119 e. The normalized spacial score (nSPS) is 19.6. The van der Waals surface area contributed by atoms with Crippen LogP contribution in [0.3, 0.4) is 0 Å². The molecule has 1 N–H and O–H groups in total. The van der Waals surface area contributed by atoms with E-state index in [-0.39, 0.29) is 11.6 Å². The minimum atomic E-state index is -0.0753. The molecule has 1 aliphatic rings. The second-order valence-electron chi connectivity index (χ2n) is 5.56. The summed E-state index contributed by atoms with van der Waals surface area (Å²) in [4.78, 5) is 0. The first-order chi connectivity index (χ1) is 9.75. The van der Waals surface area contributed by atoms with Gasteiger partial charge in [-0.25, -0.2) is 0 Å². The van der Waals surface area contributed by atoms with E-state index >= 15 is 0 Å². The quantitative estimate of drug-likeness (QED) is 0.860. The van der Waals surface area contributed by atoms with Gasteiger partial charge in [0.05, 0.1) is 18.8 Å². The van der Waals surface area contributed by atoms with Crippen LogP contribution in [-0.4, -0.2) is 26.4 Å². The van der Waals surface area contributed by atoms with Gasteiger partial charge in [0.25, 0.3) is 0 Å². The molecule has 20 heavy (non-hydrogen) atoms. The van der Waals surface area contributed by atoms with Crippen LogP contribution in [0, 0.1) is 0 Å². The van der Waals surface area contributed by atoms with E-state index in [2.05, 4.69) is 30.4 Å². The average molecular weight is 277 g/mol. The predicted octanol–water partition coefficient (Wildman–Crippen LogP) is 3.70. The molecule has 1 aliphatic carbocycles. The predicted molar refractivity (Wildman–Crippen MR) is 82.2 cm³/mol. The van der Waals surface area contributed by atoms with Gasteiger partial charge >= 0.3 is 0 Å². The third-order valence-corrected chi connectivity index (χ3v) is 4.37. The van der Waals surface area contributed by atoms with Crippen molar-refractivity contribution in [2.45, 2.75) is 50.7 Å². The smallest absolute Gasteiger partial charge is 0.119 e. The Hall–Kier alpha value is -1.06. The molecule has 0 heterocycles. The Labute approximate surface area is 122 Å². The molecule has 112 valence electrons. The molecule has 0 saturated heterocycles. The highest BCUT2D eigenvalue weighted by Gasteiger charge is 2.40. The molecule has 0 spiro atoms. The molecule has 1 saturated carbocycles. The maximum absolute atomic E-state index is 6.25. The average Bonchev–Trinajstić information content (AvgIpc) is 2.49.